The molecule has 10 heteroatoms. The average molecular weight is 539 g/mol. The Morgan fingerprint density at radius 3 is 2.38 bits per heavy atom. The molecule has 0 bridgehead atoms. The normalized spacial score (nSPS) is 23.6. The molecule has 0 radical (unpaired) electrons. The maximum Gasteiger partial charge on any atom is 0.417 e. The van der Waals surface area contributed by atoms with Crippen LogP contribution in [0.25, 0.3) is 0 Å². The lowest BCUT2D eigenvalue weighted by Gasteiger charge is -2.25. The smallest absolute Gasteiger partial charge is 0.369 e. The molecule has 39 heavy (non-hydrogen) atoms. The van der Waals surface area contributed by atoms with Gasteiger partial charge >= 0.3 is 6.18 Å². The predicted octanol–water partition coefficient (Wildman–Crippen LogP) is 4.06. The number of hydrogen-bond donors (Lipinski definition) is 2. The van der Waals surface area contributed by atoms with Gasteiger partial charge in [0.25, 0.3) is 5.91 Å². The quantitative estimate of drug-likeness (QED) is 0.520. The fraction of sp³-hybridized carbons (Fsp3) is 0.379. The summed E-state index contributed by atoms with van der Waals surface area (Å²) >= 11 is 0. The summed E-state index contributed by atoms with van der Waals surface area (Å²) in [6.45, 7) is 0. The first-order valence-corrected chi connectivity index (χ1v) is 12.9. The molecule has 2 aliphatic carbocycles. The van der Waals surface area contributed by atoms with Crippen LogP contribution in [0, 0.1) is 23.7 Å². The molecule has 2 aromatic rings. The van der Waals surface area contributed by atoms with Crippen LogP contribution in [0.5, 0.6) is 0 Å². The summed E-state index contributed by atoms with van der Waals surface area (Å²) in [6, 6.07) is 11.6. The molecule has 0 spiro atoms. The molecule has 7 nitrogen and oxygen atoms in total. The van der Waals surface area contributed by atoms with Crippen LogP contribution in [0.15, 0.2) is 65.7 Å². The Balaban J connectivity index is 1.53. The summed E-state index contributed by atoms with van der Waals surface area (Å²) in [5.41, 5.74) is 5.09. The molecule has 0 saturated heterocycles. The molecule has 2 aromatic carbocycles. The highest BCUT2D eigenvalue weighted by Crippen LogP contribution is 2.41. The number of anilines is 1. The Kier molecular flexibility index (Phi) is 7.05. The summed E-state index contributed by atoms with van der Waals surface area (Å²) in [4.78, 5) is 44.7. The van der Waals surface area contributed by atoms with Crippen LogP contribution >= 0.6 is 0 Å². The van der Waals surface area contributed by atoms with E-state index in [1.807, 2.05) is 6.08 Å². The van der Waals surface area contributed by atoms with Crippen LogP contribution < -0.4 is 16.0 Å². The van der Waals surface area contributed by atoms with Gasteiger partial charge < -0.3 is 16.0 Å². The number of nitrogens with zero attached hydrogens (tertiary/aromatic N) is 2. The van der Waals surface area contributed by atoms with Crippen LogP contribution in [0.3, 0.4) is 0 Å². The Bertz CT molecular complexity index is 1370. The minimum absolute atomic E-state index is 0.0326. The van der Waals surface area contributed by atoms with E-state index < -0.39 is 47.5 Å². The number of rotatable bonds is 7. The highest BCUT2D eigenvalue weighted by Gasteiger charge is 2.41. The lowest BCUT2D eigenvalue weighted by atomic mass is 9.85. The Morgan fingerprint density at radius 1 is 1.08 bits per heavy atom. The average Bonchev–Trinajstić information content (AvgIpc) is 3.62. The van der Waals surface area contributed by atoms with Crippen molar-refractivity contribution in [3.05, 3.63) is 77.4 Å². The summed E-state index contributed by atoms with van der Waals surface area (Å²) in [7, 11) is 1.51. The van der Waals surface area contributed by atoms with E-state index in [0.29, 0.717) is 30.0 Å². The first-order valence-electron chi connectivity index (χ1n) is 12.9. The minimum Gasteiger partial charge on any atom is -0.369 e. The number of benzene rings is 2. The Labute approximate surface area is 224 Å². The number of carbonyl (C=O) groups excluding carboxylic acids is 3. The summed E-state index contributed by atoms with van der Waals surface area (Å²) in [6.07, 6.45) is 0.418. The van der Waals surface area contributed by atoms with Crippen LogP contribution in [-0.2, 0) is 20.6 Å². The molecule has 1 saturated carbocycles. The maximum atomic E-state index is 14.0. The van der Waals surface area contributed by atoms with Gasteiger partial charge in [-0.3, -0.25) is 14.4 Å². The number of aliphatic imine (C=N–C) groups is 1. The van der Waals surface area contributed by atoms with Gasteiger partial charge in [0.2, 0.25) is 18.0 Å². The zero-order chi connectivity index (χ0) is 27.9. The number of carbonyl (C=O) groups is 3. The van der Waals surface area contributed by atoms with Crippen LogP contribution in [0.4, 0.5) is 18.9 Å². The molecule has 3 unspecified atom stereocenters. The maximum absolute atomic E-state index is 14.0. The van der Waals surface area contributed by atoms with E-state index in [1.54, 1.807) is 30.3 Å². The van der Waals surface area contributed by atoms with E-state index in [4.69, 9.17) is 5.73 Å². The lowest BCUT2D eigenvalue weighted by molar-refractivity contribution is -0.137. The summed E-state index contributed by atoms with van der Waals surface area (Å²) in [5, 5.41) is 2.74. The number of amides is 3. The predicted molar refractivity (Wildman–Crippen MR) is 140 cm³/mol. The van der Waals surface area contributed by atoms with E-state index >= 15 is 0 Å². The van der Waals surface area contributed by atoms with Crippen molar-refractivity contribution in [1.82, 2.24) is 5.32 Å². The number of primary amides is 1. The van der Waals surface area contributed by atoms with Crippen molar-refractivity contribution in [3.8, 4) is 0 Å². The lowest BCUT2D eigenvalue weighted by Crippen LogP contribution is -2.48. The van der Waals surface area contributed by atoms with Crippen molar-refractivity contribution in [3.63, 3.8) is 0 Å². The number of nitrogens with one attached hydrogen (secondary N) is 1. The second kappa shape index (κ2) is 10.3. The molecular weight excluding hydrogens is 509 g/mol. The molecule has 3 N–H and O–H groups in total. The van der Waals surface area contributed by atoms with E-state index in [2.05, 4.69) is 10.3 Å². The van der Waals surface area contributed by atoms with Crippen molar-refractivity contribution in [2.75, 3.05) is 11.9 Å². The molecule has 4 atom stereocenters. The largest absolute Gasteiger partial charge is 0.417 e. The Morgan fingerprint density at radius 2 is 1.74 bits per heavy atom. The van der Waals surface area contributed by atoms with E-state index in [-0.39, 0.29) is 17.2 Å². The molecule has 3 aliphatic rings. The molecule has 1 aliphatic heterocycles. The van der Waals surface area contributed by atoms with Gasteiger partial charge in [0.05, 0.1) is 22.9 Å². The van der Waals surface area contributed by atoms with Gasteiger partial charge in [-0.2, -0.15) is 13.2 Å². The zero-order valence-corrected chi connectivity index (χ0v) is 21.3. The Hall–Kier alpha value is -3.95. The van der Waals surface area contributed by atoms with Crippen LogP contribution in [0.2, 0.25) is 0 Å². The molecule has 3 amide bonds. The number of hydrogen-bond acceptors (Lipinski definition) is 4. The fourth-order valence-electron chi connectivity index (χ4n) is 5.44. The second-order valence-electron chi connectivity index (χ2n) is 10.4. The first-order chi connectivity index (χ1) is 18.5. The molecular formula is C29H29F3N4O3. The van der Waals surface area contributed by atoms with Crippen LogP contribution in [-0.4, -0.2) is 36.6 Å². The van der Waals surface area contributed by atoms with Gasteiger partial charge in [-0.1, -0.05) is 61.4 Å². The molecule has 1 fully saturated rings. The van der Waals surface area contributed by atoms with Crippen molar-refractivity contribution < 1.29 is 27.6 Å². The number of para-hydroxylation sites is 1. The van der Waals surface area contributed by atoms with Gasteiger partial charge in [-0.25, -0.2) is 4.99 Å². The van der Waals surface area contributed by atoms with Crippen molar-refractivity contribution >= 4 is 29.1 Å². The number of allylic oxidation sites excluding steroid dienone is 1. The highest BCUT2D eigenvalue weighted by molar-refractivity contribution is 6.20. The fourth-order valence-corrected chi connectivity index (χ4v) is 5.44. The number of fused-ring (bicyclic) bond motifs is 1. The number of halogens is 3. The SMILES string of the molecule is CN1C(=O)C(NC(=O)[C@H](CC2CC2)C2C=CC(C(N)=O)C2)N=C(c2ccccc2C(F)(F)F)c2ccccc21. The van der Waals surface area contributed by atoms with E-state index in [0.717, 1.165) is 18.9 Å². The third-order valence-corrected chi connectivity index (χ3v) is 7.73. The standard InChI is InChI=1S/C29H29F3N4O3/c1-36-23-9-5-3-7-20(23)24(19-6-2-4-8-22(19)29(30,31)32)34-26(28(36)39)35-27(38)21(14-16-10-11-16)17-12-13-18(15-17)25(33)37/h2-9,12-13,16-18,21,26H,10-11,14-15H2,1H3,(H2,33,37)(H,35,38)/t17?,18?,21-,26?/m1/s1. The molecule has 5 rings (SSSR count). The van der Waals surface area contributed by atoms with Crippen molar-refractivity contribution in [2.24, 2.45) is 34.4 Å². The minimum atomic E-state index is -4.66. The molecule has 204 valence electrons. The third-order valence-electron chi connectivity index (χ3n) is 7.73. The van der Waals surface area contributed by atoms with Gasteiger partial charge in [0.15, 0.2) is 0 Å². The van der Waals surface area contributed by atoms with Gasteiger partial charge in [0.1, 0.15) is 0 Å². The number of alkyl halides is 3. The monoisotopic (exact) mass is 538 g/mol. The number of likely N-dealkylation sites (N-methyl/N-ethyl adjacent to an activating group) is 1. The summed E-state index contributed by atoms with van der Waals surface area (Å²) < 4.78 is 42.0. The van der Waals surface area contributed by atoms with Crippen molar-refractivity contribution in [2.45, 2.75) is 38.0 Å². The summed E-state index contributed by atoms with van der Waals surface area (Å²) in [5.74, 6) is -2.32. The topological polar surface area (TPSA) is 105 Å². The van der Waals surface area contributed by atoms with Gasteiger partial charge in [-0.05, 0) is 36.8 Å². The van der Waals surface area contributed by atoms with Crippen molar-refractivity contribution in [1.29, 1.82) is 0 Å². The molecule has 1 heterocycles. The molecule has 0 aromatic heterocycles. The number of benzodiazepines with no additional fused rings is 1. The zero-order valence-electron chi connectivity index (χ0n) is 21.3. The van der Waals surface area contributed by atoms with E-state index in [1.165, 1.54) is 30.1 Å². The number of nitrogens with two attached hydrogens (primary N) is 1. The van der Waals surface area contributed by atoms with E-state index in [9.17, 15) is 27.6 Å². The second-order valence-corrected chi connectivity index (χ2v) is 10.4. The van der Waals surface area contributed by atoms with Gasteiger partial charge in [0, 0.05) is 24.1 Å². The van der Waals surface area contributed by atoms with Crippen LogP contribution in [0.1, 0.15) is 42.4 Å². The van der Waals surface area contributed by atoms with Gasteiger partial charge in [-0.15, -0.1) is 0 Å². The third kappa shape index (κ3) is 5.46. The highest BCUT2D eigenvalue weighted by atomic mass is 19.4. The first kappa shape index (κ1) is 26.6.